The highest BCUT2D eigenvalue weighted by Gasteiger charge is 2.20. The van der Waals surface area contributed by atoms with Gasteiger partial charge in [-0.3, -0.25) is 4.79 Å². The zero-order valence-corrected chi connectivity index (χ0v) is 16.5. The molecule has 0 radical (unpaired) electrons. The summed E-state index contributed by atoms with van der Waals surface area (Å²) in [6.45, 7) is 3.79. The van der Waals surface area contributed by atoms with Gasteiger partial charge in [0.15, 0.2) is 0 Å². The molecule has 0 spiro atoms. The van der Waals surface area contributed by atoms with Crippen molar-refractivity contribution in [1.29, 1.82) is 0 Å². The molecule has 1 saturated heterocycles. The van der Waals surface area contributed by atoms with Crippen LogP contribution in [-0.2, 0) is 16.1 Å². The van der Waals surface area contributed by atoms with E-state index >= 15 is 0 Å². The minimum Gasteiger partial charge on any atom is -0.395 e. The summed E-state index contributed by atoms with van der Waals surface area (Å²) in [5.74, 6) is 2.17. The number of hydrogen-bond acceptors (Lipinski definition) is 7. The molecule has 1 aliphatic heterocycles. The van der Waals surface area contributed by atoms with E-state index in [1.807, 2.05) is 35.4 Å². The van der Waals surface area contributed by atoms with Crippen molar-refractivity contribution in [2.45, 2.75) is 26.2 Å². The molecule has 27 heavy (non-hydrogen) atoms. The summed E-state index contributed by atoms with van der Waals surface area (Å²) in [6, 6.07) is 7.71. The molecule has 2 heterocycles. The van der Waals surface area contributed by atoms with Gasteiger partial charge in [0.1, 0.15) is 6.61 Å². The number of hydrogen-bond donors (Lipinski definition) is 0. The number of oxime groups is 1. The molecule has 1 aromatic carbocycles. The van der Waals surface area contributed by atoms with E-state index in [0.29, 0.717) is 37.8 Å². The van der Waals surface area contributed by atoms with Gasteiger partial charge in [-0.2, -0.15) is 16.7 Å². The monoisotopic (exact) mass is 388 g/mol. The topological polar surface area (TPSA) is 80.8 Å². The Balaban J connectivity index is 1.48. The number of piperidine rings is 1. The van der Waals surface area contributed by atoms with Gasteiger partial charge in [0.2, 0.25) is 17.6 Å². The molecule has 1 fully saturated rings. The Morgan fingerprint density at radius 3 is 2.67 bits per heavy atom. The lowest BCUT2D eigenvalue weighted by Crippen LogP contribution is -2.39. The number of amides is 1. The van der Waals surface area contributed by atoms with Gasteiger partial charge in [-0.15, -0.1) is 0 Å². The average molecular weight is 388 g/mol. The molecule has 2 aromatic rings. The SMILES string of the molecule is CSCCON=C1CCN(C(=O)Cc2ccc(-c3noc(C)n3)cc2)CC1. The van der Waals surface area contributed by atoms with Crippen LogP contribution < -0.4 is 0 Å². The van der Waals surface area contributed by atoms with E-state index in [1.165, 1.54) is 0 Å². The Morgan fingerprint density at radius 1 is 1.30 bits per heavy atom. The standard InChI is InChI=1S/C19H24N4O3S/c1-14-20-19(22-26-14)16-5-3-15(4-6-16)13-18(24)23-9-7-17(8-10-23)21-25-11-12-27-2/h3-6H,7-13H2,1-2H3. The molecule has 0 bridgehead atoms. The molecular formula is C19H24N4O3S. The zero-order chi connectivity index (χ0) is 19.1. The van der Waals surface area contributed by atoms with Gasteiger partial charge in [-0.1, -0.05) is 34.6 Å². The lowest BCUT2D eigenvalue weighted by atomic mass is 10.1. The molecule has 0 N–H and O–H groups in total. The molecule has 3 rings (SSSR count). The number of aryl methyl sites for hydroxylation is 1. The Morgan fingerprint density at radius 2 is 2.04 bits per heavy atom. The number of thioether (sulfide) groups is 1. The first-order valence-corrected chi connectivity index (χ1v) is 10.4. The average Bonchev–Trinajstić information content (AvgIpc) is 3.13. The van der Waals surface area contributed by atoms with Crippen LogP contribution in [0, 0.1) is 6.92 Å². The van der Waals surface area contributed by atoms with Crippen molar-refractivity contribution in [3.05, 3.63) is 35.7 Å². The number of carbonyl (C=O) groups excluding carboxylic acids is 1. The minimum absolute atomic E-state index is 0.139. The minimum atomic E-state index is 0.139. The fourth-order valence-corrected chi connectivity index (χ4v) is 3.08. The highest BCUT2D eigenvalue weighted by atomic mass is 32.2. The van der Waals surface area contributed by atoms with E-state index in [2.05, 4.69) is 15.3 Å². The summed E-state index contributed by atoms with van der Waals surface area (Å²) in [6.07, 6.45) is 3.99. The largest absolute Gasteiger partial charge is 0.395 e. The van der Waals surface area contributed by atoms with Crippen molar-refractivity contribution in [2.75, 3.05) is 31.7 Å². The van der Waals surface area contributed by atoms with Crippen LogP contribution in [0.3, 0.4) is 0 Å². The Hall–Kier alpha value is -2.35. The predicted molar refractivity (Wildman–Crippen MR) is 106 cm³/mol. The lowest BCUT2D eigenvalue weighted by Gasteiger charge is -2.27. The Kier molecular flexibility index (Phi) is 6.86. The van der Waals surface area contributed by atoms with Gasteiger partial charge < -0.3 is 14.3 Å². The van der Waals surface area contributed by atoms with Crippen LogP contribution in [0.2, 0.25) is 0 Å². The molecule has 0 saturated carbocycles. The van der Waals surface area contributed by atoms with Crippen LogP contribution >= 0.6 is 11.8 Å². The zero-order valence-electron chi connectivity index (χ0n) is 15.7. The van der Waals surface area contributed by atoms with E-state index in [1.54, 1.807) is 18.7 Å². The van der Waals surface area contributed by atoms with Gasteiger partial charge in [-0.05, 0) is 11.8 Å². The quantitative estimate of drug-likeness (QED) is 0.536. The third-order valence-corrected chi connectivity index (χ3v) is 4.94. The number of benzene rings is 1. The van der Waals surface area contributed by atoms with Crippen molar-refractivity contribution in [1.82, 2.24) is 15.0 Å². The van der Waals surface area contributed by atoms with Crippen molar-refractivity contribution >= 4 is 23.4 Å². The van der Waals surface area contributed by atoms with Gasteiger partial charge >= 0.3 is 0 Å². The molecule has 0 aliphatic carbocycles. The summed E-state index contributed by atoms with van der Waals surface area (Å²) >= 11 is 1.74. The summed E-state index contributed by atoms with van der Waals surface area (Å²) in [5.41, 5.74) is 2.90. The van der Waals surface area contributed by atoms with Crippen molar-refractivity contribution in [3.63, 3.8) is 0 Å². The van der Waals surface area contributed by atoms with Crippen LogP contribution in [0.1, 0.15) is 24.3 Å². The molecule has 0 atom stereocenters. The molecule has 1 aliphatic rings. The number of likely N-dealkylation sites (tertiary alicyclic amines) is 1. The smallest absolute Gasteiger partial charge is 0.227 e. The normalized spacial score (nSPS) is 14.3. The van der Waals surface area contributed by atoms with Crippen LogP contribution in [0.15, 0.2) is 33.9 Å². The molecule has 144 valence electrons. The van der Waals surface area contributed by atoms with Crippen molar-refractivity contribution < 1.29 is 14.2 Å². The second-order valence-electron chi connectivity index (χ2n) is 6.38. The van der Waals surface area contributed by atoms with E-state index in [0.717, 1.165) is 35.4 Å². The lowest BCUT2D eigenvalue weighted by molar-refractivity contribution is -0.130. The molecule has 1 amide bonds. The van der Waals surface area contributed by atoms with E-state index in [-0.39, 0.29) is 5.91 Å². The highest BCUT2D eigenvalue weighted by Crippen LogP contribution is 2.17. The summed E-state index contributed by atoms with van der Waals surface area (Å²) in [7, 11) is 0. The fraction of sp³-hybridized carbons (Fsp3) is 0.474. The van der Waals surface area contributed by atoms with E-state index in [4.69, 9.17) is 9.36 Å². The van der Waals surface area contributed by atoms with Crippen molar-refractivity contribution in [2.24, 2.45) is 5.16 Å². The summed E-state index contributed by atoms with van der Waals surface area (Å²) in [5, 5.41) is 8.09. The number of carbonyl (C=O) groups is 1. The molecule has 0 unspecified atom stereocenters. The summed E-state index contributed by atoms with van der Waals surface area (Å²) in [4.78, 5) is 24.0. The molecular weight excluding hydrogens is 364 g/mol. The Bertz CT molecular complexity index is 779. The van der Waals surface area contributed by atoms with Gasteiger partial charge in [0.25, 0.3) is 0 Å². The third-order valence-electron chi connectivity index (χ3n) is 4.36. The van der Waals surface area contributed by atoms with Gasteiger partial charge in [0.05, 0.1) is 12.1 Å². The molecule has 7 nitrogen and oxygen atoms in total. The third kappa shape index (κ3) is 5.56. The van der Waals surface area contributed by atoms with Crippen LogP contribution in [0.5, 0.6) is 0 Å². The second kappa shape index (κ2) is 9.55. The highest BCUT2D eigenvalue weighted by molar-refractivity contribution is 7.98. The molecule has 1 aromatic heterocycles. The summed E-state index contributed by atoms with van der Waals surface area (Å²) < 4.78 is 5.00. The maximum Gasteiger partial charge on any atom is 0.227 e. The first kappa shape index (κ1) is 19.4. The number of nitrogens with zero attached hydrogens (tertiary/aromatic N) is 4. The Labute approximate surface area is 163 Å². The number of aromatic nitrogens is 2. The van der Waals surface area contributed by atoms with E-state index in [9.17, 15) is 4.79 Å². The second-order valence-corrected chi connectivity index (χ2v) is 7.36. The first-order valence-electron chi connectivity index (χ1n) is 9.00. The number of rotatable bonds is 7. The van der Waals surface area contributed by atoms with Gasteiger partial charge in [-0.25, -0.2) is 0 Å². The van der Waals surface area contributed by atoms with Crippen LogP contribution in [0.4, 0.5) is 0 Å². The van der Waals surface area contributed by atoms with Crippen LogP contribution in [0.25, 0.3) is 11.4 Å². The van der Waals surface area contributed by atoms with Gasteiger partial charge in [0, 0.05) is 44.2 Å². The maximum absolute atomic E-state index is 12.5. The maximum atomic E-state index is 12.5. The van der Waals surface area contributed by atoms with Crippen LogP contribution in [-0.4, -0.2) is 58.4 Å². The fourth-order valence-electron chi connectivity index (χ4n) is 2.84. The first-order chi connectivity index (χ1) is 13.2. The van der Waals surface area contributed by atoms with E-state index < -0.39 is 0 Å². The van der Waals surface area contributed by atoms with Crippen molar-refractivity contribution in [3.8, 4) is 11.4 Å². The molecule has 8 heteroatoms. The predicted octanol–water partition coefficient (Wildman–Crippen LogP) is 2.95.